The molecular weight excluding hydrogens is 302 g/mol. The maximum atomic E-state index is 12.1. The van der Waals surface area contributed by atoms with Crippen LogP contribution in [0.1, 0.15) is 17.4 Å². The summed E-state index contributed by atoms with van der Waals surface area (Å²) in [5.74, 6) is 0.0967. The first-order valence-electron chi connectivity index (χ1n) is 5.89. The van der Waals surface area contributed by atoms with Gasteiger partial charge in [-0.1, -0.05) is 29.8 Å². The van der Waals surface area contributed by atoms with Crippen LogP contribution in [-0.4, -0.2) is 20.1 Å². The highest BCUT2D eigenvalue weighted by atomic mass is 35.5. The highest BCUT2D eigenvalue weighted by Gasteiger charge is 2.22. The third-order valence-electron chi connectivity index (χ3n) is 2.69. The normalized spacial score (nSPS) is 13.3. The van der Waals surface area contributed by atoms with E-state index in [1.807, 2.05) is 0 Å². The van der Waals surface area contributed by atoms with Gasteiger partial charge < -0.3 is 9.52 Å². The molecule has 7 heteroatoms. The molecule has 0 amide bonds. The van der Waals surface area contributed by atoms with Crippen molar-refractivity contribution in [2.45, 2.75) is 11.8 Å². The van der Waals surface area contributed by atoms with Crippen LogP contribution in [0.15, 0.2) is 47.1 Å². The van der Waals surface area contributed by atoms with Crippen LogP contribution in [0.3, 0.4) is 0 Å². The predicted molar refractivity (Wildman–Crippen MR) is 75.7 cm³/mol. The van der Waals surface area contributed by atoms with Crippen molar-refractivity contribution in [3.8, 4) is 0 Å². The molecule has 1 aromatic heterocycles. The Kier molecular flexibility index (Phi) is 4.82. The van der Waals surface area contributed by atoms with Crippen molar-refractivity contribution in [3.63, 3.8) is 0 Å². The lowest BCUT2D eigenvalue weighted by Gasteiger charge is -2.14. The zero-order chi connectivity index (χ0) is 14.6. The molecule has 2 N–H and O–H groups in total. The fraction of sp³-hybridized carbons (Fsp3) is 0.231. The van der Waals surface area contributed by atoms with Crippen LogP contribution in [0.4, 0.5) is 0 Å². The summed E-state index contributed by atoms with van der Waals surface area (Å²) in [6.07, 6.45) is 1.42. The van der Waals surface area contributed by atoms with Gasteiger partial charge in [0.05, 0.1) is 18.6 Å². The van der Waals surface area contributed by atoms with Crippen LogP contribution in [0.25, 0.3) is 0 Å². The van der Waals surface area contributed by atoms with E-state index < -0.39 is 22.7 Å². The van der Waals surface area contributed by atoms with Crippen molar-refractivity contribution in [1.29, 1.82) is 0 Å². The quantitative estimate of drug-likeness (QED) is 0.855. The van der Waals surface area contributed by atoms with Crippen LogP contribution >= 0.6 is 11.6 Å². The lowest BCUT2D eigenvalue weighted by atomic mass is 10.2. The van der Waals surface area contributed by atoms with E-state index in [1.54, 1.807) is 36.4 Å². The minimum absolute atomic E-state index is 0.260. The fourth-order valence-corrected chi connectivity index (χ4v) is 3.40. The fourth-order valence-electron chi connectivity index (χ4n) is 1.75. The SMILES string of the molecule is O=S(=O)(Cc1ccccc1Cl)N[C@H](CO)c1ccco1. The topological polar surface area (TPSA) is 79.5 Å². The molecular formula is C13H14ClNO4S. The second-order valence-corrected chi connectivity index (χ2v) is 6.38. The Hall–Kier alpha value is -1.34. The second-order valence-electron chi connectivity index (χ2n) is 4.22. The molecule has 5 nitrogen and oxygen atoms in total. The molecule has 0 saturated heterocycles. The molecule has 2 aromatic rings. The number of halogens is 1. The molecule has 0 aliphatic heterocycles. The van der Waals surface area contributed by atoms with Gasteiger partial charge in [0, 0.05) is 5.02 Å². The summed E-state index contributed by atoms with van der Waals surface area (Å²) in [7, 11) is -3.65. The van der Waals surface area contributed by atoms with E-state index >= 15 is 0 Å². The van der Waals surface area contributed by atoms with Gasteiger partial charge in [-0.25, -0.2) is 13.1 Å². The van der Waals surface area contributed by atoms with Crippen LogP contribution < -0.4 is 4.72 Å². The van der Waals surface area contributed by atoms with Crippen molar-refractivity contribution in [3.05, 3.63) is 59.0 Å². The number of aliphatic hydroxyl groups is 1. The van der Waals surface area contributed by atoms with E-state index in [2.05, 4.69) is 4.72 Å². The van der Waals surface area contributed by atoms with Gasteiger partial charge in [-0.05, 0) is 23.8 Å². The third-order valence-corrected chi connectivity index (χ3v) is 4.40. The second kappa shape index (κ2) is 6.41. The summed E-state index contributed by atoms with van der Waals surface area (Å²) in [5.41, 5.74) is 0.498. The average molecular weight is 316 g/mol. The van der Waals surface area contributed by atoms with Crippen molar-refractivity contribution < 1.29 is 17.9 Å². The molecule has 0 fully saturated rings. The zero-order valence-electron chi connectivity index (χ0n) is 10.5. The molecule has 0 bridgehead atoms. The van der Waals surface area contributed by atoms with Crippen molar-refractivity contribution in [2.24, 2.45) is 0 Å². The Morgan fingerprint density at radius 1 is 1.25 bits per heavy atom. The molecule has 20 heavy (non-hydrogen) atoms. The van der Waals surface area contributed by atoms with Gasteiger partial charge in [-0.15, -0.1) is 0 Å². The Morgan fingerprint density at radius 2 is 2.00 bits per heavy atom. The van der Waals surface area contributed by atoms with Gasteiger partial charge in [0.25, 0.3) is 0 Å². The predicted octanol–water partition coefficient (Wildman–Crippen LogP) is 2.09. The van der Waals surface area contributed by atoms with E-state index in [-0.39, 0.29) is 5.75 Å². The Bertz CT molecular complexity index is 655. The van der Waals surface area contributed by atoms with Gasteiger partial charge in [0.2, 0.25) is 10.0 Å². The van der Waals surface area contributed by atoms with E-state index in [9.17, 15) is 13.5 Å². The number of rotatable bonds is 6. The highest BCUT2D eigenvalue weighted by Crippen LogP contribution is 2.19. The Balaban J connectivity index is 2.13. The molecule has 108 valence electrons. The lowest BCUT2D eigenvalue weighted by Crippen LogP contribution is -2.31. The van der Waals surface area contributed by atoms with E-state index in [0.717, 1.165) is 0 Å². The van der Waals surface area contributed by atoms with Crippen molar-refractivity contribution >= 4 is 21.6 Å². The van der Waals surface area contributed by atoms with Crippen LogP contribution in [0, 0.1) is 0 Å². The minimum Gasteiger partial charge on any atom is -0.468 e. The van der Waals surface area contributed by atoms with E-state index in [0.29, 0.717) is 16.3 Å². The van der Waals surface area contributed by atoms with Crippen molar-refractivity contribution in [2.75, 3.05) is 6.61 Å². The number of hydrogen-bond acceptors (Lipinski definition) is 4. The smallest absolute Gasteiger partial charge is 0.216 e. The maximum Gasteiger partial charge on any atom is 0.216 e. The average Bonchev–Trinajstić information content (AvgIpc) is 2.92. The number of furan rings is 1. The summed E-state index contributed by atoms with van der Waals surface area (Å²) in [4.78, 5) is 0. The van der Waals surface area contributed by atoms with Gasteiger partial charge in [-0.2, -0.15) is 0 Å². The lowest BCUT2D eigenvalue weighted by molar-refractivity contribution is 0.242. The molecule has 1 atom stereocenters. The monoisotopic (exact) mass is 315 g/mol. The Morgan fingerprint density at radius 3 is 2.60 bits per heavy atom. The van der Waals surface area contributed by atoms with Gasteiger partial charge in [-0.3, -0.25) is 0 Å². The first-order chi connectivity index (χ1) is 9.52. The van der Waals surface area contributed by atoms with Crippen LogP contribution in [-0.2, 0) is 15.8 Å². The largest absolute Gasteiger partial charge is 0.468 e. The molecule has 0 aliphatic carbocycles. The standard InChI is InChI=1S/C13H14ClNO4S/c14-11-5-2-1-4-10(11)9-20(17,18)15-12(8-16)13-6-3-7-19-13/h1-7,12,15-16H,8-9H2/t12-/m1/s1. The number of benzene rings is 1. The first-order valence-corrected chi connectivity index (χ1v) is 7.92. The van der Waals surface area contributed by atoms with E-state index in [1.165, 1.54) is 6.26 Å². The van der Waals surface area contributed by atoms with E-state index in [4.69, 9.17) is 16.0 Å². The highest BCUT2D eigenvalue weighted by molar-refractivity contribution is 7.88. The molecule has 0 unspecified atom stereocenters. The van der Waals surface area contributed by atoms with Crippen molar-refractivity contribution in [1.82, 2.24) is 4.72 Å². The first kappa shape index (κ1) is 15.1. The molecule has 1 aromatic carbocycles. The van der Waals surface area contributed by atoms with Crippen LogP contribution in [0.2, 0.25) is 5.02 Å². The summed E-state index contributed by atoms with van der Waals surface area (Å²) in [6.45, 7) is -0.394. The van der Waals surface area contributed by atoms with Crippen LogP contribution in [0.5, 0.6) is 0 Å². The van der Waals surface area contributed by atoms with Gasteiger partial charge in [0.1, 0.15) is 11.8 Å². The summed E-state index contributed by atoms with van der Waals surface area (Å²) in [5, 5.41) is 9.65. The molecule has 0 aliphatic rings. The number of hydrogen-bond donors (Lipinski definition) is 2. The number of nitrogens with one attached hydrogen (secondary N) is 1. The summed E-state index contributed by atoms with van der Waals surface area (Å²) in [6, 6.07) is 9.12. The maximum absolute atomic E-state index is 12.1. The summed E-state index contributed by atoms with van der Waals surface area (Å²) < 4.78 is 31.7. The molecule has 0 radical (unpaired) electrons. The minimum atomic E-state index is -3.65. The third kappa shape index (κ3) is 3.83. The number of aliphatic hydroxyl groups excluding tert-OH is 1. The summed E-state index contributed by atoms with van der Waals surface area (Å²) >= 11 is 5.94. The molecule has 0 spiro atoms. The molecule has 0 saturated carbocycles. The number of sulfonamides is 1. The van der Waals surface area contributed by atoms with Gasteiger partial charge in [0.15, 0.2) is 0 Å². The Labute approximate surface area is 122 Å². The molecule has 1 heterocycles. The van der Waals surface area contributed by atoms with Gasteiger partial charge >= 0.3 is 0 Å². The molecule has 2 rings (SSSR count). The zero-order valence-corrected chi connectivity index (χ0v) is 12.1.